The van der Waals surface area contributed by atoms with E-state index in [9.17, 15) is 0 Å². The van der Waals surface area contributed by atoms with Crippen LogP contribution in [0.3, 0.4) is 0 Å². The zero-order chi connectivity index (χ0) is 13.2. The molecule has 106 valence electrons. The van der Waals surface area contributed by atoms with E-state index in [1.165, 1.54) is 44.5 Å². The average molecular weight is 262 g/mol. The van der Waals surface area contributed by atoms with Gasteiger partial charge < -0.3 is 9.88 Å². The van der Waals surface area contributed by atoms with Crippen molar-refractivity contribution in [2.24, 2.45) is 7.05 Å². The second kappa shape index (κ2) is 5.63. The van der Waals surface area contributed by atoms with Crippen LogP contribution in [0.5, 0.6) is 0 Å². The highest BCUT2D eigenvalue weighted by Gasteiger charge is 2.37. The summed E-state index contributed by atoms with van der Waals surface area (Å²) in [6.07, 6.45) is 11.9. The summed E-state index contributed by atoms with van der Waals surface area (Å²) >= 11 is 0. The molecule has 3 heterocycles. The molecule has 0 aliphatic carbocycles. The molecule has 0 saturated carbocycles. The van der Waals surface area contributed by atoms with Crippen molar-refractivity contribution < 1.29 is 0 Å². The van der Waals surface area contributed by atoms with E-state index in [2.05, 4.69) is 33.9 Å². The van der Waals surface area contributed by atoms with E-state index in [4.69, 9.17) is 0 Å². The predicted molar refractivity (Wildman–Crippen MR) is 77.1 cm³/mol. The van der Waals surface area contributed by atoms with Gasteiger partial charge in [-0.3, -0.25) is 4.90 Å². The molecule has 2 saturated heterocycles. The number of fused-ring (bicyclic) bond motifs is 2. The highest BCUT2D eigenvalue weighted by atomic mass is 15.2. The van der Waals surface area contributed by atoms with Crippen LogP contribution in [-0.2, 0) is 13.5 Å². The van der Waals surface area contributed by atoms with Crippen molar-refractivity contribution >= 4 is 0 Å². The Morgan fingerprint density at radius 1 is 1.32 bits per heavy atom. The van der Waals surface area contributed by atoms with Gasteiger partial charge in [-0.25, -0.2) is 4.98 Å². The third-order valence-corrected chi connectivity index (χ3v) is 5.05. The fraction of sp³-hybridized carbons (Fsp3) is 0.800. The van der Waals surface area contributed by atoms with Gasteiger partial charge in [0.05, 0.1) is 0 Å². The van der Waals surface area contributed by atoms with Gasteiger partial charge in [-0.05, 0) is 32.7 Å². The summed E-state index contributed by atoms with van der Waals surface area (Å²) in [6, 6.07) is 2.33. The molecule has 1 aromatic heterocycles. The van der Waals surface area contributed by atoms with Crippen LogP contribution in [-0.4, -0.2) is 46.2 Å². The Hall–Kier alpha value is -0.870. The molecule has 2 aliphatic rings. The van der Waals surface area contributed by atoms with Crippen molar-refractivity contribution in [3.63, 3.8) is 0 Å². The van der Waals surface area contributed by atoms with Crippen LogP contribution < -0.4 is 5.32 Å². The third-order valence-electron chi connectivity index (χ3n) is 5.05. The molecular formula is C15H26N4. The van der Waals surface area contributed by atoms with E-state index in [1.54, 1.807) is 0 Å². The minimum Gasteiger partial charge on any atom is -0.338 e. The first kappa shape index (κ1) is 13.1. The largest absolute Gasteiger partial charge is 0.338 e. The van der Waals surface area contributed by atoms with E-state index in [1.807, 2.05) is 12.4 Å². The van der Waals surface area contributed by atoms with Gasteiger partial charge in [0.1, 0.15) is 5.82 Å². The number of nitrogens with zero attached hydrogens (tertiary/aromatic N) is 3. The maximum Gasteiger partial charge on any atom is 0.109 e. The SMILES string of the molecule is CNC1CC2CCCC(C1)N2CCc1nccn1C. The van der Waals surface area contributed by atoms with E-state index in [-0.39, 0.29) is 0 Å². The Labute approximate surface area is 116 Å². The number of piperidine rings is 2. The topological polar surface area (TPSA) is 33.1 Å². The van der Waals surface area contributed by atoms with Crippen molar-refractivity contribution in [2.45, 2.75) is 56.7 Å². The normalized spacial score (nSPS) is 31.6. The lowest BCUT2D eigenvalue weighted by Crippen LogP contribution is -2.56. The van der Waals surface area contributed by atoms with Crippen LogP contribution >= 0.6 is 0 Å². The first-order valence-electron chi connectivity index (χ1n) is 7.67. The Bertz CT molecular complexity index is 400. The van der Waals surface area contributed by atoms with Crippen LogP contribution in [0.15, 0.2) is 12.4 Å². The minimum atomic E-state index is 0.736. The minimum absolute atomic E-state index is 0.736. The molecule has 2 unspecified atom stereocenters. The average Bonchev–Trinajstić information content (AvgIpc) is 2.81. The fourth-order valence-electron chi connectivity index (χ4n) is 3.95. The third kappa shape index (κ3) is 2.70. The summed E-state index contributed by atoms with van der Waals surface area (Å²) < 4.78 is 2.15. The molecule has 2 bridgehead atoms. The lowest BCUT2D eigenvalue weighted by molar-refractivity contribution is 0.0265. The van der Waals surface area contributed by atoms with Gasteiger partial charge in [0.15, 0.2) is 0 Å². The number of imidazole rings is 1. The second-order valence-electron chi connectivity index (χ2n) is 6.14. The summed E-state index contributed by atoms with van der Waals surface area (Å²) in [5.74, 6) is 1.22. The number of hydrogen-bond acceptors (Lipinski definition) is 3. The molecule has 0 amide bonds. The Morgan fingerprint density at radius 3 is 2.63 bits per heavy atom. The van der Waals surface area contributed by atoms with Crippen LogP contribution in [0.4, 0.5) is 0 Å². The zero-order valence-electron chi connectivity index (χ0n) is 12.2. The van der Waals surface area contributed by atoms with Crippen molar-refractivity contribution in [3.8, 4) is 0 Å². The summed E-state index contributed by atoms with van der Waals surface area (Å²) in [5.41, 5.74) is 0. The highest BCUT2D eigenvalue weighted by molar-refractivity contribution is 4.97. The first-order chi connectivity index (χ1) is 9.28. The van der Waals surface area contributed by atoms with Gasteiger partial charge in [0.2, 0.25) is 0 Å². The Kier molecular flexibility index (Phi) is 3.89. The molecule has 4 nitrogen and oxygen atoms in total. The molecule has 0 aromatic carbocycles. The Morgan fingerprint density at radius 2 is 2.05 bits per heavy atom. The fourth-order valence-corrected chi connectivity index (χ4v) is 3.95. The van der Waals surface area contributed by atoms with Crippen molar-refractivity contribution in [3.05, 3.63) is 18.2 Å². The summed E-state index contributed by atoms with van der Waals surface area (Å²) in [5, 5.41) is 3.49. The second-order valence-corrected chi connectivity index (χ2v) is 6.14. The van der Waals surface area contributed by atoms with Crippen molar-refractivity contribution in [1.29, 1.82) is 0 Å². The maximum absolute atomic E-state index is 4.45. The first-order valence-corrected chi connectivity index (χ1v) is 7.67. The molecule has 1 aromatic rings. The van der Waals surface area contributed by atoms with E-state index >= 15 is 0 Å². The van der Waals surface area contributed by atoms with Gasteiger partial charge in [-0.1, -0.05) is 6.42 Å². The number of aromatic nitrogens is 2. The number of hydrogen-bond donors (Lipinski definition) is 1. The van der Waals surface area contributed by atoms with E-state index in [0.29, 0.717) is 0 Å². The van der Waals surface area contributed by atoms with Gasteiger partial charge in [0.25, 0.3) is 0 Å². The Balaban J connectivity index is 1.63. The van der Waals surface area contributed by atoms with E-state index in [0.717, 1.165) is 24.5 Å². The van der Waals surface area contributed by atoms with Crippen molar-refractivity contribution in [2.75, 3.05) is 13.6 Å². The molecule has 2 aliphatic heterocycles. The number of aryl methyl sites for hydroxylation is 1. The van der Waals surface area contributed by atoms with E-state index < -0.39 is 0 Å². The lowest BCUT2D eigenvalue weighted by Gasteiger charge is -2.49. The smallest absolute Gasteiger partial charge is 0.109 e. The molecule has 0 spiro atoms. The van der Waals surface area contributed by atoms with Crippen LogP contribution in [0.25, 0.3) is 0 Å². The van der Waals surface area contributed by atoms with Gasteiger partial charge in [0, 0.05) is 50.5 Å². The van der Waals surface area contributed by atoms with Crippen LogP contribution in [0, 0.1) is 0 Å². The standard InChI is InChI=1S/C15H26N4/c1-16-12-10-13-4-3-5-14(11-12)19(13)8-6-15-17-7-9-18(15)2/h7,9,12-14,16H,3-6,8,10-11H2,1-2H3. The number of nitrogens with one attached hydrogen (secondary N) is 1. The lowest BCUT2D eigenvalue weighted by atomic mass is 9.81. The molecule has 1 N–H and O–H groups in total. The molecule has 4 heteroatoms. The van der Waals surface area contributed by atoms with Crippen LogP contribution in [0.1, 0.15) is 37.9 Å². The highest BCUT2D eigenvalue weighted by Crippen LogP contribution is 2.33. The number of rotatable bonds is 4. The van der Waals surface area contributed by atoms with Crippen molar-refractivity contribution in [1.82, 2.24) is 19.8 Å². The molecule has 2 atom stereocenters. The summed E-state index contributed by atoms with van der Waals surface area (Å²) in [6.45, 7) is 1.18. The maximum atomic E-state index is 4.45. The van der Waals surface area contributed by atoms with Gasteiger partial charge in [-0.2, -0.15) is 0 Å². The molecule has 3 rings (SSSR count). The quantitative estimate of drug-likeness (QED) is 0.894. The summed E-state index contributed by atoms with van der Waals surface area (Å²) in [4.78, 5) is 7.22. The zero-order valence-corrected chi connectivity index (χ0v) is 12.2. The summed E-state index contributed by atoms with van der Waals surface area (Å²) in [7, 11) is 4.21. The monoisotopic (exact) mass is 262 g/mol. The molecule has 19 heavy (non-hydrogen) atoms. The predicted octanol–water partition coefficient (Wildman–Crippen LogP) is 1.57. The molecule has 2 fully saturated rings. The van der Waals surface area contributed by atoms with Gasteiger partial charge >= 0.3 is 0 Å². The van der Waals surface area contributed by atoms with Crippen LogP contribution in [0.2, 0.25) is 0 Å². The molecule has 0 radical (unpaired) electrons. The van der Waals surface area contributed by atoms with Gasteiger partial charge in [-0.15, -0.1) is 0 Å². The molecular weight excluding hydrogens is 236 g/mol.